The lowest BCUT2D eigenvalue weighted by molar-refractivity contribution is -0.635. The molecule has 0 amide bonds. The van der Waals surface area contributed by atoms with Crippen molar-refractivity contribution < 1.29 is 10.1 Å². The van der Waals surface area contributed by atoms with E-state index < -0.39 is 0 Å². The van der Waals surface area contributed by atoms with E-state index in [1.54, 1.807) is 11.3 Å². The van der Waals surface area contributed by atoms with Crippen molar-refractivity contribution in [3.05, 3.63) is 17.1 Å². The zero-order valence-corrected chi connectivity index (χ0v) is 9.46. The summed E-state index contributed by atoms with van der Waals surface area (Å²) in [5.41, 5.74) is 2.38. The normalized spacial score (nSPS) is 20.7. The van der Waals surface area contributed by atoms with Gasteiger partial charge < -0.3 is 10.1 Å². The summed E-state index contributed by atoms with van der Waals surface area (Å²) in [5.74, 6) is 0. The van der Waals surface area contributed by atoms with Crippen molar-refractivity contribution in [1.82, 2.24) is 9.78 Å². The van der Waals surface area contributed by atoms with E-state index in [-0.39, 0.29) is 6.10 Å². The molecule has 0 spiro atoms. The summed E-state index contributed by atoms with van der Waals surface area (Å²) in [7, 11) is 2.07. The molecule has 0 saturated heterocycles. The van der Waals surface area contributed by atoms with Crippen LogP contribution in [-0.2, 0) is 11.3 Å². The zero-order chi connectivity index (χ0) is 10.3. The zero-order valence-electron chi connectivity index (χ0n) is 8.64. The molecule has 0 aliphatic carbocycles. The highest BCUT2D eigenvalue weighted by molar-refractivity contribution is 7.17. The third-order valence-corrected chi connectivity index (χ3v) is 3.69. The number of fused-ring (bicyclic) bond motifs is 3. The molecule has 3 heterocycles. The minimum absolute atomic E-state index is 0.201. The third-order valence-electron chi connectivity index (χ3n) is 2.76. The number of nitrogens with two attached hydrogens (primary N) is 1. The molecule has 0 radical (unpaired) electrons. The molecular formula is C10H14N3OS+. The number of hydrogen-bond acceptors (Lipinski definition) is 3. The molecule has 2 N–H and O–H groups in total. The second kappa shape index (κ2) is 3.59. The Morgan fingerprint density at radius 2 is 2.67 bits per heavy atom. The van der Waals surface area contributed by atoms with Crippen molar-refractivity contribution >= 4 is 21.6 Å². The Bertz CT molecular complexity index is 476. The van der Waals surface area contributed by atoms with Gasteiger partial charge in [0.05, 0.1) is 30.6 Å². The smallest absolute Gasteiger partial charge is 0.149 e. The molecule has 1 unspecified atom stereocenters. The molecule has 2 aromatic heterocycles. The first-order chi connectivity index (χ1) is 7.40. The SMILES string of the molecule is C[NH2+]CC1OCCn2nc3ccsc3c21. The molecule has 0 aromatic carbocycles. The van der Waals surface area contributed by atoms with Crippen LogP contribution < -0.4 is 5.32 Å². The van der Waals surface area contributed by atoms with E-state index in [0.29, 0.717) is 0 Å². The van der Waals surface area contributed by atoms with Crippen LogP contribution in [0, 0.1) is 0 Å². The summed E-state index contributed by atoms with van der Waals surface area (Å²) in [6.07, 6.45) is 0.201. The van der Waals surface area contributed by atoms with E-state index in [1.165, 1.54) is 10.4 Å². The minimum atomic E-state index is 0.201. The number of rotatable bonds is 2. The highest BCUT2D eigenvalue weighted by Crippen LogP contribution is 2.32. The fraction of sp³-hybridized carbons (Fsp3) is 0.500. The lowest BCUT2D eigenvalue weighted by Gasteiger charge is -2.22. The number of hydrogen-bond donors (Lipinski definition) is 1. The van der Waals surface area contributed by atoms with Crippen molar-refractivity contribution in [1.29, 1.82) is 0 Å². The van der Waals surface area contributed by atoms with E-state index in [0.717, 1.165) is 25.2 Å². The Morgan fingerprint density at radius 3 is 3.53 bits per heavy atom. The monoisotopic (exact) mass is 224 g/mol. The van der Waals surface area contributed by atoms with E-state index in [1.807, 2.05) is 0 Å². The summed E-state index contributed by atoms with van der Waals surface area (Å²) >= 11 is 1.76. The number of thiophene rings is 1. The largest absolute Gasteiger partial charge is 0.364 e. The molecule has 4 nitrogen and oxygen atoms in total. The van der Waals surface area contributed by atoms with E-state index in [2.05, 4.69) is 33.6 Å². The van der Waals surface area contributed by atoms with Crippen LogP contribution in [0.3, 0.4) is 0 Å². The standard InChI is InChI=1S/C10H13N3OS/c1-11-6-8-9-10-7(2-5-15-10)12-13(9)3-4-14-8/h2,5,8,11H,3-4,6H2,1H3/p+1. The molecule has 0 fully saturated rings. The van der Waals surface area contributed by atoms with Gasteiger partial charge in [-0.15, -0.1) is 11.3 Å². The first-order valence-corrected chi connectivity index (χ1v) is 6.11. The lowest BCUT2D eigenvalue weighted by Crippen LogP contribution is -2.81. The maximum absolute atomic E-state index is 5.80. The summed E-state index contributed by atoms with van der Waals surface area (Å²) in [4.78, 5) is 0. The number of ether oxygens (including phenoxy) is 1. The Kier molecular flexibility index (Phi) is 2.23. The summed E-state index contributed by atoms with van der Waals surface area (Å²) in [6.45, 7) is 2.64. The van der Waals surface area contributed by atoms with Gasteiger partial charge in [-0.25, -0.2) is 0 Å². The van der Waals surface area contributed by atoms with Crippen LogP contribution in [0.1, 0.15) is 11.8 Å². The van der Waals surface area contributed by atoms with Gasteiger partial charge in [0.1, 0.15) is 18.2 Å². The van der Waals surface area contributed by atoms with Crippen LogP contribution in [0.4, 0.5) is 0 Å². The highest BCUT2D eigenvalue weighted by Gasteiger charge is 2.26. The van der Waals surface area contributed by atoms with Crippen LogP contribution in [0.5, 0.6) is 0 Å². The van der Waals surface area contributed by atoms with Crippen molar-refractivity contribution in [3.8, 4) is 0 Å². The number of aromatic nitrogens is 2. The van der Waals surface area contributed by atoms with Gasteiger partial charge in [0.25, 0.3) is 0 Å². The van der Waals surface area contributed by atoms with Crippen LogP contribution >= 0.6 is 11.3 Å². The number of likely N-dealkylation sites (N-methyl/N-ethyl adjacent to an activating group) is 1. The maximum Gasteiger partial charge on any atom is 0.149 e. The molecule has 0 saturated carbocycles. The topological polar surface area (TPSA) is 43.7 Å². The molecule has 1 atom stereocenters. The first kappa shape index (κ1) is 9.33. The fourth-order valence-corrected chi connectivity index (χ4v) is 3.03. The van der Waals surface area contributed by atoms with Gasteiger partial charge >= 0.3 is 0 Å². The average molecular weight is 224 g/mol. The van der Waals surface area contributed by atoms with E-state index in [4.69, 9.17) is 4.74 Å². The molecular weight excluding hydrogens is 210 g/mol. The molecule has 1 aliphatic heterocycles. The quantitative estimate of drug-likeness (QED) is 0.800. The molecule has 3 rings (SSSR count). The summed E-state index contributed by atoms with van der Waals surface area (Å²) in [5, 5.41) is 8.84. The number of quaternary nitrogens is 1. The second-order valence-electron chi connectivity index (χ2n) is 3.75. The summed E-state index contributed by atoms with van der Waals surface area (Å²) < 4.78 is 9.20. The van der Waals surface area contributed by atoms with Gasteiger partial charge in [-0.3, -0.25) is 4.68 Å². The Labute approximate surface area is 91.8 Å². The van der Waals surface area contributed by atoms with Crippen molar-refractivity contribution in [2.75, 3.05) is 20.2 Å². The number of nitrogens with zero attached hydrogens (tertiary/aromatic N) is 2. The minimum Gasteiger partial charge on any atom is -0.364 e. The molecule has 80 valence electrons. The van der Waals surface area contributed by atoms with Crippen LogP contribution in [0.25, 0.3) is 10.2 Å². The van der Waals surface area contributed by atoms with Crippen LogP contribution in [0.15, 0.2) is 11.4 Å². The summed E-state index contributed by atoms with van der Waals surface area (Å²) in [6, 6.07) is 2.08. The van der Waals surface area contributed by atoms with E-state index >= 15 is 0 Å². The first-order valence-electron chi connectivity index (χ1n) is 5.23. The maximum atomic E-state index is 5.80. The van der Waals surface area contributed by atoms with Gasteiger partial charge in [0.15, 0.2) is 0 Å². The fourth-order valence-electron chi connectivity index (χ4n) is 2.11. The predicted octanol–water partition coefficient (Wildman–Crippen LogP) is 0.362. The van der Waals surface area contributed by atoms with Gasteiger partial charge in [-0.1, -0.05) is 0 Å². The molecule has 1 aliphatic rings. The van der Waals surface area contributed by atoms with Crippen LogP contribution in [-0.4, -0.2) is 30.0 Å². The lowest BCUT2D eigenvalue weighted by atomic mass is 10.2. The highest BCUT2D eigenvalue weighted by atomic mass is 32.1. The Balaban J connectivity index is 2.13. The van der Waals surface area contributed by atoms with Crippen molar-refractivity contribution in [3.63, 3.8) is 0 Å². The molecule has 2 aromatic rings. The third kappa shape index (κ3) is 1.39. The average Bonchev–Trinajstić information content (AvgIpc) is 2.77. The van der Waals surface area contributed by atoms with Gasteiger partial charge in [0, 0.05) is 0 Å². The Hall–Kier alpha value is -0.910. The van der Waals surface area contributed by atoms with Gasteiger partial charge in [-0.05, 0) is 11.4 Å². The van der Waals surface area contributed by atoms with Crippen molar-refractivity contribution in [2.24, 2.45) is 0 Å². The van der Waals surface area contributed by atoms with Gasteiger partial charge in [-0.2, -0.15) is 5.10 Å². The molecule has 0 bridgehead atoms. The molecule has 15 heavy (non-hydrogen) atoms. The van der Waals surface area contributed by atoms with Crippen LogP contribution in [0.2, 0.25) is 0 Å². The predicted molar refractivity (Wildman–Crippen MR) is 59.0 cm³/mol. The Morgan fingerprint density at radius 1 is 1.73 bits per heavy atom. The van der Waals surface area contributed by atoms with Gasteiger partial charge in [0.2, 0.25) is 0 Å². The molecule has 5 heteroatoms. The van der Waals surface area contributed by atoms with E-state index in [9.17, 15) is 0 Å². The van der Waals surface area contributed by atoms with Crippen molar-refractivity contribution in [2.45, 2.75) is 12.6 Å². The second-order valence-corrected chi connectivity index (χ2v) is 4.66.